The van der Waals surface area contributed by atoms with E-state index in [2.05, 4.69) is 21.2 Å². The number of halogens is 1. The Bertz CT molecular complexity index is 1090. The Hall–Kier alpha value is -2.79. The minimum absolute atomic E-state index is 0.0926. The number of carbonyl (C=O) groups is 2. The first kappa shape index (κ1) is 21.9. The molecule has 1 aliphatic heterocycles. The van der Waals surface area contributed by atoms with Gasteiger partial charge in [0, 0.05) is 22.2 Å². The number of ether oxygens (including phenoxy) is 1. The van der Waals surface area contributed by atoms with Gasteiger partial charge in [0.1, 0.15) is 0 Å². The zero-order chi connectivity index (χ0) is 21.9. The third kappa shape index (κ3) is 5.22. The lowest BCUT2D eigenvalue weighted by Gasteiger charge is -2.20. The monoisotopic (exact) mass is 496 g/mol. The molecule has 0 saturated carbocycles. The molecular weight excluding hydrogens is 480 g/mol. The Balaban J connectivity index is 1.81. The molecule has 0 aliphatic carbocycles. The van der Waals surface area contributed by atoms with E-state index in [4.69, 9.17) is 4.74 Å². The maximum atomic E-state index is 12.9. The number of nitrogens with one attached hydrogen (secondary N) is 1. The second kappa shape index (κ2) is 8.92. The number of nitro groups is 1. The van der Waals surface area contributed by atoms with Crippen LogP contribution in [0.15, 0.2) is 53.0 Å². The molecule has 30 heavy (non-hydrogen) atoms. The van der Waals surface area contributed by atoms with Crippen molar-refractivity contribution < 1.29 is 27.7 Å². The molecule has 3 rings (SSSR count). The fraction of sp³-hybridized carbons (Fsp3) is 0.263. The van der Waals surface area contributed by atoms with Crippen LogP contribution in [0.4, 0.5) is 11.4 Å². The van der Waals surface area contributed by atoms with Crippen molar-refractivity contribution in [3.05, 3.63) is 68.7 Å². The number of benzene rings is 2. The van der Waals surface area contributed by atoms with Crippen molar-refractivity contribution in [2.24, 2.45) is 5.92 Å². The van der Waals surface area contributed by atoms with Crippen molar-refractivity contribution in [3.8, 4) is 0 Å². The summed E-state index contributed by atoms with van der Waals surface area (Å²) in [7, 11) is -3.29. The normalized spacial score (nSPS) is 18.4. The highest BCUT2D eigenvalue weighted by atomic mass is 79.9. The molecule has 1 saturated heterocycles. The van der Waals surface area contributed by atoms with E-state index >= 15 is 0 Å². The van der Waals surface area contributed by atoms with Gasteiger partial charge >= 0.3 is 5.97 Å². The van der Waals surface area contributed by atoms with Gasteiger partial charge in [-0.05, 0) is 28.4 Å². The molecule has 0 aromatic heterocycles. The summed E-state index contributed by atoms with van der Waals surface area (Å²) in [4.78, 5) is 35.7. The van der Waals surface area contributed by atoms with E-state index in [0.29, 0.717) is 5.56 Å². The van der Waals surface area contributed by atoms with Gasteiger partial charge in [0.25, 0.3) is 11.6 Å². The Morgan fingerprint density at radius 3 is 2.47 bits per heavy atom. The number of esters is 1. The first-order valence-corrected chi connectivity index (χ1v) is 11.5. The van der Waals surface area contributed by atoms with Gasteiger partial charge in [0.2, 0.25) is 6.10 Å². The lowest BCUT2D eigenvalue weighted by atomic mass is 10.1. The average molecular weight is 497 g/mol. The SMILES string of the molecule is O=C(OC(C(=O)Nc1ccc([N+](=O)[O-])cc1Br)c1ccccc1)C1CCS(=O)(=O)C1. The number of sulfone groups is 1. The van der Waals surface area contributed by atoms with Crippen LogP contribution < -0.4 is 5.32 Å². The van der Waals surface area contributed by atoms with Gasteiger partial charge in [-0.1, -0.05) is 30.3 Å². The van der Waals surface area contributed by atoms with Crippen LogP contribution in [0.2, 0.25) is 0 Å². The van der Waals surface area contributed by atoms with E-state index in [0.717, 1.165) is 0 Å². The van der Waals surface area contributed by atoms with Gasteiger partial charge in [-0.25, -0.2) is 8.42 Å². The molecule has 1 fully saturated rings. The molecule has 1 amide bonds. The molecule has 1 N–H and O–H groups in total. The lowest BCUT2D eigenvalue weighted by molar-refractivity contribution is -0.384. The van der Waals surface area contributed by atoms with Crippen molar-refractivity contribution in [1.82, 2.24) is 0 Å². The first-order chi connectivity index (χ1) is 14.2. The summed E-state index contributed by atoms with van der Waals surface area (Å²) >= 11 is 3.17. The minimum atomic E-state index is -3.29. The summed E-state index contributed by atoms with van der Waals surface area (Å²) < 4.78 is 29.0. The summed E-state index contributed by atoms with van der Waals surface area (Å²) in [5.41, 5.74) is 0.501. The van der Waals surface area contributed by atoms with E-state index in [1.165, 1.54) is 18.2 Å². The smallest absolute Gasteiger partial charge is 0.311 e. The molecule has 11 heteroatoms. The predicted octanol–water partition coefficient (Wildman–Crippen LogP) is 3.02. The van der Waals surface area contributed by atoms with E-state index in [1.54, 1.807) is 30.3 Å². The summed E-state index contributed by atoms with van der Waals surface area (Å²) in [5, 5.41) is 13.5. The van der Waals surface area contributed by atoms with Crippen LogP contribution in [0, 0.1) is 16.0 Å². The van der Waals surface area contributed by atoms with Crippen molar-refractivity contribution in [2.75, 3.05) is 16.8 Å². The molecule has 0 spiro atoms. The fourth-order valence-electron chi connectivity index (χ4n) is 3.01. The molecule has 2 unspecified atom stereocenters. The van der Waals surface area contributed by atoms with Gasteiger partial charge in [0.15, 0.2) is 9.84 Å². The zero-order valence-corrected chi connectivity index (χ0v) is 17.9. The van der Waals surface area contributed by atoms with Crippen molar-refractivity contribution in [1.29, 1.82) is 0 Å². The molecule has 158 valence electrons. The summed E-state index contributed by atoms with van der Waals surface area (Å²) in [6.07, 6.45) is -1.16. The third-order valence-corrected chi connectivity index (χ3v) is 6.99. The minimum Gasteiger partial charge on any atom is -0.447 e. The van der Waals surface area contributed by atoms with Gasteiger partial charge in [-0.3, -0.25) is 19.7 Å². The van der Waals surface area contributed by atoms with Gasteiger partial charge in [-0.2, -0.15) is 0 Å². The molecule has 2 aromatic carbocycles. The molecule has 0 radical (unpaired) electrons. The van der Waals surface area contributed by atoms with Gasteiger partial charge in [0.05, 0.1) is 28.0 Å². The molecule has 0 bridgehead atoms. The number of nitrogens with zero attached hydrogens (tertiary/aromatic N) is 1. The summed E-state index contributed by atoms with van der Waals surface area (Å²) in [5.74, 6) is -2.65. The van der Waals surface area contributed by atoms with Crippen molar-refractivity contribution >= 4 is 49.0 Å². The quantitative estimate of drug-likeness (QED) is 0.369. The second-order valence-electron chi connectivity index (χ2n) is 6.74. The predicted molar refractivity (Wildman–Crippen MR) is 111 cm³/mol. The number of hydrogen-bond acceptors (Lipinski definition) is 7. The van der Waals surface area contributed by atoms with E-state index < -0.39 is 38.7 Å². The van der Waals surface area contributed by atoms with Gasteiger partial charge in [-0.15, -0.1) is 0 Å². The highest BCUT2D eigenvalue weighted by Gasteiger charge is 2.36. The second-order valence-corrected chi connectivity index (χ2v) is 9.82. The Morgan fingerprint density at radius 2 is 1.90 bits per heavy atom. The maximum absolute atomic E-state index is 12.9. The van der Waals surface area contributed by atoms with E-state index in [9.17, 15) is 28.1 Å². The molecule has 2 atom stereocenters. The zero-order valence-electron chi connectivity index (χ0n) is 15.5. The Kier molecular flexibility index (Phi) is 6.52. The number of amides is 1. The standard InChI is InChI=1S/C19H17BrN2O7S/c20-15-10-14(22(25)26)6-7-16(15)21-18(23)17(12-4-2-1-3-5-12)29-19(24)13-8-9-30(27,28)11-13/h1-7,10,13,17H,8-9,11H2,(H,21,23). The van der Waals surface area contributed by atoms with Crippen LogP contribution in [0.1, 0.15) is 18.1 Å². The molecule has 1 heterocycles. The number of hydrogen-bond donors (Lipinski definition) is 1. The lowest BCUT2D eigenvalue weighted by Crippen LogP contribution is -2.29. The summed E-state index contributed by atoms with van der Waals surface area (Å²) in [6.45, 7) is 0. The van der Waals surface area contributed by atoms with E-state index in [1.807, 2.05) is 0 Å². The topological polar surface area (TPSA) is 133 Å². The number of carbonyl (C=O) groups excluding carboxylic acids is 2. The molecule has 1 aliphatic rings. The molecule has 2 aromatic rings. The third-order valence-electron chi connectivity index (χ3n) is 4.56. The van der Waals surface area contributed by atoms with Crippen molar-refractivity contribution in [3.63, 3.8) is 0 Å². The Morgan fingerprint density at radius 1 is 1.20 bits per heavy atom. The van der Waals surface area contributed by atoms with Gasteiger partial charge < -0.3 is 10.1 Å². The number of nitro benzene ring substituents is 1. The average Bonchev–Trinajstić information content (AvgIpc) is 3.07. The van der Waals surface area contributed by atoms with Crippen LogP contribution in [0.5, 0.6) is 0 Å². The number of anilines is 1. The first-order valence-electron chi connectivity index (χ1n) is 8.87. The summed E-state index contributed by atoms with van der Waals surface area (Å²) in [6, 6.07) is 12.1. The van der Waals surface area contributed by atoms with Crippen LogP contribution in [0.3, 0.4) is 0 Å². The number of non-ortho nitro benzene ring substituents is 1. The van der Waals surface area contributed by atoms with Crippen molar-refractivity contribution in [2.45, 2.75) is 12.5 Å². The highest BCUT2D eigenvalue weighted by Crippen LogP contribution is 2.30. The van der Waals surface area contributed by atoms with E-state index in [-0.39, 0.29) is 33.8 Å². The number of rotatable bonds is 6. The fourth-order valence-corrected chi connectivity index (χ4v) is 5.20. The van der Waals surface area contributed by atoms with Crippen LogP contribution in [0.25, 0.3) is 0 Å². The molecule has 9 nitrogen and oxygen atoms in total. The van der Waals surface area contributed by atoms with Crippen LogP contribution in [-0.4, -0.2) is 36.7 Å². The van der Waals surface area contributed by atoms with Crippen LogP contribution >= 0.6 is 15.9 Å². The van der Waals surface area contributed by atoms with Crippen LogP contribution in [-0.2, 0) is 24.2 Å². The largest absolute Gasteiger partial charge is 0.447 e. The maximum Gasteiger partial charge on any atom is 0.311 e. The molecular formula is C19H17BrN2O7S. The Labute approximate surface area is 180 Å². The highest BCUT2D eigenvalue weighted by molar-refractivity contribution is 9.10.